The maximum Gasteiger partial charge on any atom is 0.239 e. The van der Waals surface area contributed by atoms with Crippen LogP contribution in [0.25, 0.3) is 0 Å². The van der Waals surface area contributed by atoms with Gasteiger partial charge in [-0.05, 0) is 24.6 Å². The number of carbonyl (C=O) groups excluding carboxylic acids is 1. The number of hydrogen-bond donors (Lipinski definition) is 2. The molecular weight excluding hydrogens is 214 g/mol. The van der Waals surface area contributed by atoms with Crippen molar-refractivity contribution >= 4 is 5.91 Å². The van der Waals surface area contributed by atoms with Gasteiger partial charge in [-0.25, -0.2) is 0 Å². The van der Waals surface area contributed by atoms with Crippen LogP contribution in [0.4, 0.5) is 0 Å². The molecule has 0 bridgehead atoms. The van der Waals surface area contributed by atoms with Crippen molar-refractivity contribution < 1.29 is 4.79 Å². The summed E-state index contributed by atoms with van der Waals surface area (Å²) in [5.74, 6) is 0.0871. The maximum atomic E-state index is 11.6. The lowest BCUT2D eigenvalue weighted by Gasteiger charge is -2.05. The van der Waals surface area contributed by atoms with Gasteiger partial charge in [0.25, 0.3) is 0 Å². The van der Waals surface area contributed by atoms with E-state index < -0.39 is 0 Å². The Morgan fingerprint density at radius 1 is 1.41 bits per heavy atom. The lowest BCUT2D eigenvalue weighted by Crippen LogP contribution is -2.27. The predicted molar refractivity (Wildman–Crippen MR) is 69.7 cm³/mol. The molecule has 0 unspecified atom stereocenters. The Morgan fingerprint density at radius 2 is 2.24 bits per heavy atom. The first-order valence-electron chi connectivity index (χ1n) is 6.38. The van der Waals surface area contributed by atoms with E-state index in [9.17, 15) is 4.79 Å². The largest absolute Gasteiger partial charge is 0.355 e. The van der Waals surface area contributed by atoms with E-state index >= 15 is 0 Å². The van der Waals surface area contributed by atoms with Crippen molar-refractivity contribution in [1.29, 1.82) is 0 Å². The summed E-state index contributed by atoms with van der Waals surface area (Å²) in [7, 11) is 0. The molecule has 0 aliphatic carbocycles. The molecule has 0 fully saturated rings. The number of amides is 1. The highest BCUT2D eigenvalue weighted by molar-refractivity contribution is 5.75. The van der Waals surface area contributed by atoms with Crippen molar-refractivity contribution in [2.75, 3.05) is 13.1 Å². The molecule has 1 heterocycles. The number of hydrogen-bond acceptors (Lipinski definition) is 2. The van der Waals surface area contributed by atoms with Crippen LogP contribution < -0.4 is 10.6 Å². The van der Waals surface area contributed by atoms with Crippen LogP contribution in [0, 0.1) is 0 Å². The van der Waals surface area contributed by atoms with Gasteiger partial charge in [-0.1, -0.05) is 20.3 Å². The van der Waals surface area contributed by atoms with E-state index in [4.69, 9.17) is 0 Å². The zero-order chi connectivity index (χ0) is 12.5. The summed E-state index contributed by atoms with van der Waals surface area (Å²) in [6.07, 6.45) is 6.12. The van der Waals surface area contributed by atoms with Gasteiger partial charge < -0.3 is 15.2 Å². The molecule has 0 saturated carbocycles. The van der Waals surface area contributed by atoms with Crippen LogP contribution >= 0.6 is 0 Å². The van der Waals surface area contributed by atoms with Crippen LogP contribution in [0.2, 0.25) is 0 Å². The van der Waals surface area contributed by atoms with Gasteiger partial charge in [-0.3, -0.25) is 4.79 Å². The molecule has 0 radical (unpaired) electrons. The van der Waals surface area contributed by atoms with Gasteiger partial charge in [0.2, 0.25) is 5.91 Å². The molecule has 0 aliphatic rings. The Labute approximate surface area is 103 Å². The van der Waals surface area contributed by atoms with Gasteiger partial charge in [0.05, 0.1) is 0 Å². The normalized spacial score (nSPS) is 10.5. The highest BCUT2D eigenvalue weighted by Gasteiger charge is 2.02. The second kappa shape index (κ2) is 7.90. The van der Waals surface area contributed by atoms with Gasteiger partial charge in [0.15, 0.2) is 0 Å². The molecule has 1 aromatic heterocycles. The molecule has 0 spiro atoms. The van der Waals surface area contributed by atoms with Gasteiger partial charge in [-0.2, -0.15) is 0 Å². The third-order valence-electron chi connectivity index (χ3n) is 2.57. The number of aromatic nitrogens is 1. The van der Waals surface area contributed by atoms with E-state index in [-0.39, 0.29) is 5.91 Å². The molecule has 96 valence electrons. The zero-order valence-electron chi connectivity index (χ0n) is 10.8. The SMILES string of the molecule is CCCCNC(=O)Cn1ccc(CNCC)c1. The fourth-order valence-corrected chi connectivity index (χ4v) is 1.59. The van der Waals surface area contributed by atoms with Crippen LogP contribution in [0.5, 0.6) is 0 Å². The van der Waals surface area contributed by atoms with Crippen molar-refractivity contribution in [3.63, 3.8) is 0 Å². The van der Waals surface area contributed by atoms with E-state index in [1.165, 1.54) is 5.56 Å². The summed E-state index contributed by atoms with van der Waals surface area (Å²) < 4.78 is 1.92. The molecule has 0 atom stereocenters. The first kappa shape index (κ1) is 13.8. The zero-order valence-corrected chi connectivity index (χ0v) is 10.8. The number of carbonyl (C=O) groups is 1. The Hall–Kier alpha value is -1.29. The van der Waals surface area contributed by atoms with E-state index in [0.717, 1.165) is 32.5 Å². The third-order valence-corrected chi connectivity index (χ3v) is 2.57. The van der Waals surface area contributed by atoms with Crippen molar-refractivity contribution in [1.82, 2.24) is 15.2 Å². The smallest absolute Gasteiger partial charge is 0.239 e. The summed E-state index contributed by atoms with van der Waals surface area (Å²) in [5, 5.41) is 6.17. The molecule has 0 aromatic carbocycles. The van der Waals surface area contributed by atoms with Gasteiger partial charge in [0.1, 0.15) is 6.54 Å². The lowest BCUT2D eigenvalue weighted by molar-refractivity contribution is -0.121. The second-order valence-electron chi connectivity index (χ2n) is 4.18. The van der Waals surface area contributed by atoms with Gasteiger partial charge in [0, 0.05) is 25.5 Å². The minimum Gasteiger partial charge on any atom is -0.355 e. The number of rotatable bonds is 8. The highest BCUT2D eigenvalue weighted by Crippen LogP contribution is 2.00. The van der Waals surface area contributed by atoms with Crippen molar-refractivity contribution in [2.24, 2.45) is 0 Å². The highest BCUT2D eigenvalue weighted by atomic mass is 16.1. The van der Waals surface area contributed by atoms with Crippen LogP contribution in [0.3, 0.4) is 0 Å². The van der Waals surface area contributed by atoms with Gasteiger partial charge in [-0.15, -0.1) is 0 Å². The Morgan fingerprint density at radius 3 is 2.94 bits per heavy atom. The minimum absolute atomic E-state index is 0.0871. The summed E-state index contributed by atoms with van der Waals surface area (Å²) in [5.41, 5.74) is 1.22. The molecular formula is C13H23N3O. The van der Waals surface area contributed by atoms with E-state index in [1.807, 2.05) is 23.0 Å². The van der Waals surface area contributed by atoms with Crippen molar-refractivity contribution in [3.8, 4) is 0 Å². The summed E-state index contributed by atoms with van der Waals surface area (Å²) >= 11 is 0. The standard InChI is InChI=1S/C13H23N3O/c1-3-5-7-15-13(17)11-16-8-6-12(10-16)9-14-4-2/h6,8,10,14H,3-5,7,9,11H2,1-2H3,(H,15,17). The first-order valence-corrected chi connectivity index (χ1v) is 6.38. The third kappa shape index (κ3) is 5.54. The quantitative estimate of drug-likeness (QED) is 0.673. The lowest BCUT2D eigenvalue weighted by atomic mass is 10.3. The Kier molecular flexibility index (Phi) is 6.40. The number of nitrogens with one attached hydrogen (secondary N) is 2. The van der Waals surface area contributed by atoms with E-state index in [2.05, 4.69) is 24.5 Å². The van der Waals surface area contributed by atoms with E-state index in [1.54, 1.807) is 0 Å². The summed E-state index contributed by atoms with van der Waals surface area (Å²) in [6.45, 7) is 7.21. The molecule has 17 heavy (non-hydrogen) atoms. The second-order valence-corrected chi connectivity index (χ2v) is 4.18. The van der Waals surface area contributed by atoms with Crippen LogP contribution in [-0.2, 0) is 17.9 Å². The van der Waals surface area contributed by atoms with Crippen molar-refractivity contribution in [3.05, 3.63) is 24.0 Å². The maximum absolute atomic E-state index is 11.6. The summed E-state index contributed by atoms with van der Waals surface area (Å²) in [4.78, 5) is 11.6. The predicted octanol–water partition coefficient (Wildman–Crippen LogP) is 1.51. The fraction of sp³-hybridized carbons (Fsp3) is 0.615. The fourth-order valence-electron chi connectivity index (χ4n) is 1.59. The number of nitrogens with zero attached hydrogens (tertiary/aromatic N) is 1. The Bertz CT molecular complexity index is 333. The average Bonchev–Trinajstić information content (AvgIpc) is 2.74. The van der Waals surface area contributed by atoms with E-state index in [0.29, 0.717) is 6.54 Å². The molecule has 1 amide bonds. The average molecular weight is 237 g/mol. The minimum atomic E-state index is 0.0871. The van der Waals surface area contributed by atoms with Gasteiger partial charge >= 0.3 is 0 Å². The topological polar surface area (TPSA) is 46.1 Å². The molecule has 2 N–H and O–H groups in total. The molecule has 1 rings (SSSR count). The van der Waals surface area contributed by atoms with Crippen molar-refractivity contribution in [2.45, 2.75) is 39.8 Å². The monoisotopic (exact) mass is 237 g/mol. The molecule has 4 nitrogen and oxygen atoms in total. The molecule has 4 heteroatoms. The Balaban J connectivity index is 2.30. The molecule has 1 aromatic rings. The molecule has 0 saturated heterocycles. The van der Waals surface area contributed by atoms with Crippen LogP contribution in [0.15, 0.2) is 18.5 Å². The number of unbranched alkanes of at least 4 members (excludes halogenated alkanes) is 1. The summed E-state index contributed by atoms with van der Waals surface area (Å²) in [6, 6.07) is 2.04. The van der Waals surface area contributed by atoms with Crippen LogP contribution in [0.1, 0.15) is 32.3 Å². The van der Waals surface area contributed by atoms with Crippen LogP contribution in [-0.4, -0.2) is 23.6 Å². The molecule has 0 aliphatic heterocycles. The first-order chi connectivity index (χ1) is 8.26.